The largest absolute Gasteiger partial charge is 0.506 e. The minimum atomic E-state index is -0.519. The van der Waals surface area contributed by atoms with Crippen molar-refractivity contribution in [2.45, 2.75) is 19.4 Å². The van der Waals surface area contributed by atoms with E-state index in [4.69, 9.17) is 0 Å². The van der Waals surface area contributed by atoms with Crippen LogP contribution in [0.1, 0.15) is 13.3 Å². The second-order valence-corrected chi connectivity index (χ2v) is 4.21. The summed E-state index contributed by atoms with van der Waals surface area (Å²) in [5.41, 5.74) is 0.468. The highest BCUT2D eigenvalue weighted by atomic mass is 16.3. The molecule has 1 aliphatic heterocycles. The molecule has 0 aliphatic carbocycles. The van der Waals surface area contributed by atoms with E-state index in [2.05, 4.69) is 0 Å². The fourth-order valence-corrected chi connectivity index (χ4v) is 2.00. The van der Waals surface area contributed by atoms with E-state index in [9.17, 15) is 15.0 Å². The Morgan fingerprint density at radius 3 is 2.76 bits per heavy atom. The van der Waals surface area contributed by atoms with Gasteiger partial charge >= 0.3 is 0 Å². The van der Waals surface area contributed by atoms with Crippen LogP contribution in [0.4, 0.5) is 5.69 Å². The summed E-state index contributed by atoms with van der Waals surface area (Å²) in [7, 11) is 0. The first-order chi connectivity index (χ1) is 8.09. The van der Waals surface area contributed by atoms with Gasteiger partial charge in [-0.05, 0) is 19.1 Å². The molecule has 1 aromatic carbocycles. The van der Waals surface area contributed by atoms with Gasteiger partial charge in [-0.15, -0.1) is 0 Å². The van der Waals surface area contributed by atoms with E-state index >= 15 is 0 Å². The van der Waals surface area contributed by atoms with Crippen molar-refractivity contribution in [1.29, 1.82) is 0 Å². The van der Waals surface area contributed by atoms with Crippen molar-refractivity contribution in [2.24, 2.45) is 0 Å². The normalized spacial score (nSPS) is 18.7. The number of hydrogen-bond donors (Lipinski definition) is 2. The van der Waals surface area contributed by atoms with Crippen LogP contribution < -0.4 is 5.01 Å². The highest BCUT2D eigenvalue weighted by Crippen LogP contribution is 2.30. The number of para-hydroxylation sites is 2. The van der Waals surface area contributed by atoms with Gasteiger partial charge < -0.3 is 10.2 Å². The molecule has 1 saturated heterocycles. The average molecular weight is 236 g/mol. The van der Waals surface area contributed by atoms with Crippen LogP contribution in [-0.2, 0) is 4.79 Å². The first kappa shape index (κ1) is 11.9. The lowest BCUT2D eigenvalue weighted by molar-refractivity contribution is -0.118. The maximum Gasteiger partial charge on any atom is 0.243 e. The molecule has 0 aromatic heterocycles. The maximum absolute atomic E-state index is 11.8. The highest BCUT2D eigenvalue weighted by molar-refractivity contribution is 5.95. The minimum Gasteiger partial charge on any atom is -0.506 e. The quantitative estimate of drug-likeness (QED) is 0.812. The standard InChI is InChI=1S/C12H16N2O3/c1-9(15)8-13-7-6-12(17)14(13)10-4-2-3-5-11(10)16/h2-5,9,15-16H,6-8H2,1H3. The molecule has 1 unspecified atom stereocenters. The van der Waals surface area contributed by atoms with Gasteiger partial charge in [-0.25, -0.2) is 10.0 Å². The SMILES string of the molecule is CC(O)CN1CCC(=O)N1c1ccccc1O. The third-order valence-corrected chi connectivity index (χ3v) is 2.69. The lowest BCUT2D eigenvalue weighted by atomic mass is 10.3. The summed E-state index contributed by atoms with van der Waals surface area (Å²) in [6.07, 6.45) is -0.115. The number of hydrazine groups is 1. The maximum atomic E-state index is 11.8. The molecule has 0 radical (unpaired) electrons. The summed E-state index contributed by atoms with van der Waals surface area (Å²) < 4.78 is 0. The molecule has 1 heterocycles. The number of β-amino-alcohol motifs (C(OH)–C–C–N with tert-alkyl or cyclic N) is 1. The molecule has 1 amide bonds. The van der Waals surface area contributed by atoms with E-state index < -0.39 is 6.10 Å². The molecule has 1 atom stereocenters. The third-order valence-electron chi connectivity index (χ3n) is 2.69. The lowest BCUT2D eigenvalue weighted by Crippen LogP contribution is -2.42. The van der Waals surface area contributed by atoms with Crippen LogP contribution >= 0.6 is 0 Å². The number of aliphatic hydroxyl groups is 1. The topological polar surface area (TPSA) is 64.0 Å². The number of rotatable bonds is 3. The number of carbonyl (C=O) groups excluding carboxylic acids is 1. The zero-order valence-corrected chi connectivity index (χ0v) is 9.71. The average Bonchev–Trinajstić information content (AvgIpc) is 2.60. The molecule has 2 rings (SSSR count). The lowest BCUT2D eigenvalue weighted by Gasteiger charge is -2.29. The van der Waals surface area contributed by atoms with Crippen LogP contribution in [0.2, 0.25) is 0 Å². The number of hydrogen-bond acceptors (Lipinski definition) is 4. The predicted molar refractivity (Wildman–Crippen MR) is 63.5 cm³/mol. The first-order valence-corrected chi connectivity index (χ1v) is 5.63. The van der Waals surface area contributed by atoms with Crippen molar-refractivity contribution < 1.29 is 15.0 Å². The van der Waals surface area contributed by atoms with Gasteiger partial charge in [-0.1, -0.05) is 12.1 Å². The molecule has 1 fully saturated rings. The van der Waals surface area contributed by atoms with Crippen molar-refractivity contribution in [3.05, 3.63) is 24.3 Å². The Balaban J connectivity index is 2.28. The summed E-state index contributed by atoms with van der Waals surface area (Å²) in [5, 5.41) is 22.3. The summed E-state index contributed by atoms with van der Waals surface area (Å²) in [6, 6.07) is 6.70. The molecule has 0 spiro atoms. The van der Waals surface area contributed by atoms with E-state index in [0.717, 1.165) is 0 Å². The second-order valence-electron chi connectivity index (χ2n) is 4.21. The third kappa shape index (κ3) is 2.40. The molecule has 92 valence electrons. The van der Waals surface area contributed by atoms with Gasteiger partial charge in [0.15, 0.2) is 0 Å². The summed E-state index contributed by atoms with van der Waals surface area (Å²) in [6.45, 7) is 2.62. The van der Waals surface area contributed by atoms with Gasteiger partial charge in [0, 0.05) is 19.5 Å². The molecule has 5 nitrogen and oxygen atoms in total. The number of carbonyl (C=O) groups is 1. The van der Waals surface area contributed by atoms with Gasteiger partial charge in [-0.2, -0.15) is 0 Å². The number of nitrogens with zero attached hydrogens (tertiary/aromatic N) is 2. The number of phenolic OH excluding ortho intramolecular Hbond substituents is 1. The Hall–Kier alpha value is -1.59. The van der Waals surface area contributed by atoms with Crippen LogP contribution in [-0.4, -0.2) is 40.3 Å². The molecule has 17 heavy (non-hydrogen) atoms. The number of amides is 1. The van der Waals surface area contributed by atoms with Crippen LogP contribution in [0.5, 0.6) is 5.75 Å². The van der Waals surface area contributed by atoms with E-state index in [0.29, 0.717) is 25.2 Å². The number of phenols is 1. The number of aromatic hydroxyl groups is 1. The Morgan fingerprint density at radius 1 is 1.41 bits per heavy atom. The summed E-state index contributed by atoms with van der Waals surface area (Å²) in [5.74, 6) is 0.00509. The Kier molecular flexibility index (Phi) is 3.31. The highest BCUT2D eigenvalue weighted by Gasteiger charge is 2.32. The van der Waals surface area contributed by atoms with Crippen molar-refractivity contribution in [3.8, 4) is 5.75 Å². The summed E-state index contributed by atoms with van der Waals surface area (Å²) in [4.78, 5) is 11.8. The molecule has 5 heteroatoms. The molecule has 0 saturated carbocycles. The fraction of sp³-hybridized carbons (Fsp3) is 0.417. The van der Waals surface area contributed by atoms with Gasteiger partial charge in [-0.3, -0.25) is 4.79 Å². The molecule has 0 bridgehead atoms. The van der Waals surface area contributed by atoms with E-state index in [1.54, 1.807) is 36.2 Å². The summed E-state index contributed by atoms with van der Waals surface area (Å²) >= 11 is 0. The van der Waals surface area contributed by atoms with Gasteiger partial charge in [0.2, 0.25) is 5.91 Å². The van der Waals surface area contributed by atoms with E-state index in [1.807, 2.05) is 0 Å². The predicted octanol–water partition coefficient (Wildman–Crippen LogP) is 0.727. The van der Waals surface area contributed by atoms with Gasteiger partial charge in [0.25, 0.3) is 0 Å². The van der Waals surface area contributed by atoms with Gasteiger partial charge in [0.05, 0.1) is 6.10 Å². The van der Waals surface area contributed by atoms with E-state index in [-0.39, 0.29) is 11.7 Å². The number of aliphatic hydroxyl groups excluding tert-OH is 1. The van der Waals surface area contributed by atoms with Crippen LogP contribution in [0.25, 0.3) is 0 Å². The van der Waals surface area contributed by atoms with Crippen LogP contribution in [0.3, 0.4) is 0 Å². The molecular formula is C12H16N2O3. The number of anilines is 1. The van der Waals surface area contributed by atoms with Gasteiger partial charge in [0.1, 0.15) is 11.4 Å². The first-order valence-electron chi connectivity index (χ1n) is 5.63. The zero-order valence-electron chi connectivity index (χ0n) is 9.71. The van der Waals surface area contributed by atoms with Crippen molar-refractivity contribution in [1.82, 2.24) is 5.01 Å². The Bertz CT molecular complexity index is 420. The number of benzene rings is 1. The Morgan fingerprint density at radius 2 is 2.12 bits per heavy atom. The van der Waals surface area contributed by atoms with E-state index in [1.165, 1.54) is 5.01 Å². The second kappa shape index (κ2) is 4.73. The molecule has 1 aromatic rings. The van der Waals surface area contributed by atoms with Crippen LogP contribution in [0.15, 0.2) is 24.3 Å². The van der Waals surface area contributed by atoms with Crippen molar-refractivity contribution >= 4 is 11.6 Å². The smallest absolute Gasteiger partial charge is 0.243 e. The molecule has 2 N–H and O–H groups in total. The molecule has 1 aliphatic rings. The fourth-order valence-electron chi connectivity index (χ4n) is 2.00. The zero-order chi connectivity index (χ0) is 12.4. The van der Waals surface area contributed by atoms with Crippen molar-refractivity contribution in [2.75, 3.05) is 18.1 Å². The Labute approximate surface area is 99.9 Å². The van der Waals surface area contributed by atoms with Crippen molar-refractivity contribution in [3.63, 3.8) is 0 Å². The molecular weight excluding hydrogens is 220 g/mol. The monoisotopic (exact) mass is 236 g/mol. The minimum absolute atomic E-state index is 0.0628. The van der Waals surface area contributed by atoms with Crippen LogP contribution in [0, 0.1) is 0 Å².